The second kappa shape index (κ2) is 6.68. The minimum atomic E-state index is -4.03. The maximum Gasteiger partial charge on any atom is 0.509 e. The molecule has 0 aliphatic carbocycles. The van der Waals surface area contributed by atoms with Gasteiger partial charge in [-0.3, -0.25) is 4.18 Å². The Morgan fingerprint density at radius 3 is 2.19 bits per heavy atom. The molecule has 0 amide bonds. The number of carbonyl (C=O) groups is 1. The number of benzene rings is 1. The number of hydrogen-bond donors (Lipinski definition) is 0. The van der Waals surface area contributed by atoms with Gasteiger partial charge in [0, 0.05) is 0 Å². The van der Waals surface area contributed by atoms with E-state index in [1.54, 1.807) is 45.1 Å². The fourth-order valence-corrected chi connectivity index (χ4v) is 3.87. The summed E-state index contributed by atoms with van der Waals surface area (Å²) in [4.78, 5) is 12.0. The molecule has 2 aliphatic rings. The second-order valence-corrected chi connectivity index (χ2v) is 8.90. The number of aryl methyl sites for hydroxylation is 1. The Kier molecular flexibility index (Phi) is 4.85. The Hall–Kier alpha value is -1.90. The van der Waals surface area contributed by atoms with Crippen molar-refractivity contribution in [2.24, 2.45) is 0 Å². The van der Waals surface area contributed by atoms with Crippen molar-refractivity contribution in [2.75, 3.05) is 0 Å². The van der Waals surface area contributed by atoms with Gasteiger partial charge in [-0.15, -0.1) is 0 Å². The third kappa shape index (κ3) is 4.08. The summed E-state index contributed by atoms with van der Waals surface area (Å²) >= 11 is 0. The van der Waals surface area contributed by atoms with Crippen LogP contribution in [0, 0.1) is 6.92 Å². The van der Waals surface area contributed by atoms with E-state index in [2.05, 4.69) is 0 Å². The molecule has 4 atom stereocenters. The Balaban J connectivity index is 1.76. The third-order valence-corrected chi connectivity index (χ3v) is 5.27. The molecule has 1 aromatic carbocycles. The Morgan fingerprint density at radius 1 is 1.04 bits per heavy atom. The van der Waals surface area contributed by atoms with Crippen molar-refractivity contribution in [2.45, 2.75) is 62.6 Å². The summed E-state index contributed by atoms with van der Waals surface area (Å²) in [7, 11) is -4.03. The van der Waals surface area contributed by atoms with Crippen molar-refractivity contribution in [3.63, 3.8) is 0 Å². The van der Waals surface area contributed by atoms with Gasteiger partial charge in [-0.2, -0.15) is 8.42 Å². The molecule has 8 heteroatoms. The summed E-state index contributed by atoms with van der Waals surface area (Å²) < 4.78 is 46.5. The van der Waals surface area contributed by atoms with Crippen LogP contribution >= 0.6 is 0 Å². The van der Waals surface area contributed by atoms with Crippen LogP contribution in [-0.4, -0.2) is 44.6 Å². The highest BCUT2D eigenvalue weighted by Gasteiger charge is 2.51. The van der Waals surface area contributed by atoms with Crippen molar-refractivity contribution in [1.29, 1.82) is 0 Å². The molecule has 2 aliphatic heterocycles. The molecule has 26 heavy (non-hydrogen) atoms. The lowest BCUT2D eigenvalue weighted by Gasteiger charge is -2.26. The van der Waals surface area contributed by atoms with E-state index < -0.39 is 46.3 Å². The van der Waals surface area contributed by atoms with Crippen LogP contribution in [0.15, 0.2) is 41.3 Å². The molecule has 0 saturated carbocycles. The molecule has 0 N–H and O–H groups in total. The Morgan fingerprint density at radius 2 is 1.62 bits per heavy atom. The van der Waals surface area contributed by atoms with Gasteiger partial charge in [-0.05, 0) is 39.8 Å². The smallest absolute Gasteiger partial charge is 0.429 e. The molecule has 1 fully saturated rings. The summed E-state index contributed by atoms with van der Waals surface area (Å²) in [6.07, 6.45) is -0.511. The first kappa shape index (κ1) is 18.9. The molecule has 1 aromatic rings. The number of ether oxygens (including phenoxy) is 3. The van der Waals surface area contributed by atoms with Gasteiger partial charge in [-0.25, -0.2) is 4.79 Å². The van der Waals surface area contributed by atoms with Crippen LogP contribution in [0.1, 0.15) is 26.3 Å². The summed E-state index contributed by atoms with van der Waals surface area (Å²) in [5.74, 6) is 0. The lowest BCUT2D eigenvalue weighted by atomic mass is 10.0. The summed E-state index contributed by atoms with van der Waals surface area (Å²) in [6, 6.07) is 6.31. The van der Waals surface area contributed by atoms with E-state index in [1.165, 1.54) is 12.1 Å². The van der Waals surface area contributed by atoms with Gasteiger partial charge < -0.3 is 14.2 Å². The molecule has 2 bridgehead atoms. The van der Waals surface area contributed by atoms with Crippen LogP contribution in [0.25, 0.3) is 0 Å². The molecule has 142 valence electrons. The predicted molar refractivity (Wildman–Crippen MR) is 92.1 cm³/mol. The van der Waals surface area contributed by atoms with Gasteiger partial charge in [0.25, 0.3) is 10.1 Å². The average Bonchev–Trinajstić information content (AvgIpc) is 3.08. The lowest BCUT2D eigenvalue weighted by Crippen LogP contribution is -2.42. The van der Waals surface area contributed by atoms with Gasteiger partial charge in [0.15, 0.2) is 6.10 Å². The van der Waals surface area contributed by atoms with E-state index in [4.69, 9.17) is 18.4 Å². The van der Waals surface area contributed by atoms with Crippen LogP contribution in [-0.2, 0) is 28.5 Å². The van der Waals surface area contributed by atoms with Crippen molar-refractivity contribution in [3.8, 4) is 0 Å². The Labute approximate surface area is 153 Å². The van der Waals surface area contributed by atoms with Crippen LogP contribution < -0.4 is 0 Å². The first-order chi connectivity index (χ1) is 12.0. The van der Waals surface area contributed by atoms with Gasteiger partial charge in [0.05, 0.1) is 4.90 Å². The van der Waals surface area contributed by atoms with Crippen molar-refractivity contribution < 1.29 is 31.6 Å². The van der Waals surface area contributed by atoms with Crippen molar-refractivity contribution >= 4 is 16.3 Å². The monoisotopic (exact) mass is 382 g/mol. The maximum absolute atomic E-state index is 12.6. The summed E-state index contributed by atoms with van der Waals surface area (Å²) in [6.45, 7) is 6.99. The summed E-state index contributed by atoms with van der Waals surface area (Å²) in [5, 5.41) is 0. The van der Waals surface area contributed by atoms with E-state index in [9.17, 15) is 13.2 Å². The van der Waals surface area contributed by atoms with E-state index in [0.29, 0.717) is 0 Å². The van der Waals surface area contributed by atoms with Gasteiger partial charge >= 0.3 is 6.16 Å². The van der Waals surface area contributed by atoms with Crippen molar-refractivity contribution in [3.05, 3.63) is 42.0 Å². The molecular formula is C18H22O7S. The molecule has 2 heterocycles. The third-order valence-electron chi connectivity index (χ3n) is 3.95. The molecule has 0 aromatic heterocycles. The summed E-state index contributed by atoms with van der Waals surface area (Å²) in [5.41, 5.74) is 0.205. The minimum absolute atomic E-state index is 0.0332. The van der Waals surface area contributed by atoms with Crippen LogP contribution in [0.2, 0.25) is 0 Å². The predicted octanol–water partition coefficient (Wildman–Crippen LogP) is 2.73. The molecule has 3 rings (SSSR count). The first-order valence-electron chi connectivity index (χ1n) is 8.28. The lowest BCUT2D eigenvalue weighted by molar-refractivity contribution is -0.0502. The zero-order valence-electron chi connectivity index (χ0n) is 15.0. The van der Waals surface area contributed by atoms with E-state index in [-0.39, 0.29) is 4.90 Å². The first-order valence-corrected chi connectivity index (χ1v) is 9.69. The normalized spacial score (nSPS) is 27.5. The van der Waals surface area contributed by atoms with Gasteiger partial charge in [-0.1, -0.05) is 29.8 Å². The standard InChI is InChI=1S/C18H22O7S/c1-11-5-7-12(8-6-11)26(20,21)25-16-14-10-9-13(22-14)15(16)23-17(19)24-18(2,3)4/h5-10,13-16H,1-4H3. The van der Waals surface area contributed by atoms with Crippen LogP contribution in [0.4, 0.5) is 4.79 Å². The molecule has 1 saturated heterocycles. The topological polar surface area (TPSA) is 88.1 Å². The van der Waals surface area contributed by atoms with E-state index in [1.807, 2.05) is 6.92 Å². The molecule has 4 unspecified atom stereocenters. The average molecular weight is 382 g/mol. The number of fused-ring (bicyclic) bond motifs is 2. The Bertz CT molecular complexity index is 805. The fraction of sp³-hybridized carbons (Fsp3) is 0.500. The number of hydrogen-bond acceptors (Lipinski definition) is 7. The van der Waals surface area contributed by atoms with Crippen LogP contribution in [0.3, 0.4) is 0 Å². The largest absolute Gasteiger partial charge is 0.509 e. The van der Waals surface area contributed by atoms with Crippen LogP contribution in [0.5, 0.6) is 0 Å². The quantitative estimate of drug-likeness (QED) is 0.449. The highest BCUT2D eigenvalue weighted by Crippen LogP contribution is 2.35. The zero-order chi connectivity index (χ0) is 19.1. The SMILES string of the molecule is Cc1ccc(S(=O)(=O)OC2C3C=CC(O3)C2OC(=O)OC(C)(C)C)cc1. The molecular weight excluding hydrogens is 360 g/mol. The highest BCUT2D eigenvalue weighted by atomic mass is 32.2. The molecule has 0 radical (unpaired) electrons. The minimum Gasteiger partial charge on any atom is -0.429 e. The maximum atomic E-state index is 12.6. The van der Waals surface area contributed by atoms with E-state index in [0.717, 1.165) is 5.56 Å². The fourth-order valence-electron chi connectivity index (χ4n) is 2.77. The van der Waals surface area contributed by atoms with Crippen molar-refractivity contribution in [1.82, 2.24) is 0 Å². The van der Waals surface area contributed by atoms with Gasteiger partial charge in [0.1, 0.15) is 23.9 Å². The zero-order valence-corrected chi connectivity index (χ0v) is 15.9. The second-order valence-electron chi connectivity index (χ2n) is 7.33. The highest BCUT2D eigenvalue weighted by molar-refractivity contribution is 7.86. The van der Waals surface area contributed by atoms with Gasteiger partial charge in [0.2, 0.25) is 0 Å². The van der Waals surface area contributed by atoms with E-state index >= 15 is 0 Å². The number of carbonyl (C=O) groups excluding carboxylic acids is 1. The number of rotatable bonds is 4. The molecule has 7 nitrogen and oxygen atoms in total. The molecule has 0 spiro atoms.